The molecule has 0 aliphatic carbocycles. The zero-order chi connectivity index (χ0) is 15.3. The van der Waals surface area contributed by atoms with Crippen molar-refractivity contribution in [3.63, 3.8) is 0 Å². The maximum absolute atomic E-state index is 12.7. The van der Waals surface area contributed by atoms with Gasteiger partial charge in [0.2, 0.25) is 10.0 Å². The Hall–Kier alpha value is -0.990. The molecule has 0 saturated carbocycles. The van der Waals surface area contributed by atoms with Gasteiger partial charge in [0.1, 0.15) is 10.0 Å². The van der Waals surface area contributed by atoms with E-state index in [4.69, 9.17) is 16.3 Å². The number of halogens is 1. The summed E-state index contributed by atoms with van der Waals surface area (Å²) in [7, 11) is -2.18. The normalized spacial score (nSPS) is 12.0. The molecular formula is C13H15ClN2O3S2. The van der Waals surface area contributed by atoms with Gasteiger partial charge in [-0.3, -0.25) is 0 Å². The fraction of sp³-hybridized carbons (Fsp3) is 0.308. The molecule has 114 valence electrons. The molecule has 0 bridgehead atoms. The first kappa shape index (κ1) is 16.4. The molecule has 0 N–H and O–H groups in total. The van der Waals surface area contributed by atoms with Gasteiger partial charge >= 0.3 is 0 Å². The molecule has 2 heterocycles. The average molecular weight is 347 g/mol. The van der Waals surface area contributed by atoms with E-state index in [1.807, 2.05) is 17.5 Å². The number of nitrogens with zero attached hydrogens (tertiary/aromatic N) is 2. The van der Waals surface area contributed by atoms with Gasteiger partial charge in [0, 0.05) is 31.3 Å². The SMILES string of the molecule is COCCN(Cc1cccs1)S(=O)(=O)c1cccnc1Cl. The van der Waals surface area contributed by atoms with Crippen LogP contribution in [0.1, 0.15) is 4.88 Å². The summed E-state index contributed by atoms with van der Waals surface area (Å²) < 4.78 is 31.8. The summed E-state index contributed by atoms with van der Waals surface area (Å²) in [5, 5.41) is 1.89. The molecule has 5 nitrogen and oxygen atoms in total. The van der Waals surface area contributed by atoms with Gasteiger partial charge in [-0.15, -0.1) is 11.3 Å². The Kier molecular flexibility index (Phi) is 5.72. The monoisotopic (exact) mass is 346 g/mol. The van der Waals surface area contributed by atoms with Crippen molar-refractivity contribution in [1.29, 1.82) is 0 Å². The number of methoxy groups -OCH3 is 1. The van der Waals surface area contributed by atoms with Crippen LogP contribution < -0.4 is 0 Å². The number of rotatable bonds is 7. The van der Waals surface area contributed by atoms with E-state index >= 15 is 0 Å². The minimum atomic E-state index is -3.71. The van der Waals surface area contributed by atoms with Crippen LogP contribution in [0.4, 0.5) is 0 Å². The zero-order valence-corrected chi connectivity index (χ0v) is 13.8. The van der Waals surface area contributed by atoms with E-state index in [1.165, 1.54) is 35.0 Å². The second-order valence-corrected chi connectivity index (χ2v) is 7.50. The maximum atomic E-state index is 12.7. The van der Waals surface area contributed by atoms with Gasteiger partial charge in [-0.1, -0.05) is 17.7 Å². The first-order chi connectivity index (χ1) is 10.1. The van der Waals surface area contributed by atoms with Crippen LogP contribution in [-0.4, -0.2) is 38.0 Å². The van der Waals surface area contributed by atoms with Crippen LogP contribution >= 0.6 is 22.9 Å². The number of thiophene rings is 1. The molecule has 0 aliphatic heterocycles. The van der Waals surface area contributed by atoms with Crippen molar-refractivity contribution in [3.05, 3.63) is 45.9 Å². The molecule has 0 radical (unpaired) electrons. The van der Waals surface area contributed by atoms with Crippen LogP contribution in [0.2, 0.25) is 5.15 Å². The lowest BCUT2D eigenvalue weighted by atomic mass is 10.4. The molecule has 0 unspecified atom stereocenters. The molecule has 0 saturated heterocycles. The number of sulfonamides is 1. The van der Waals surface area contributed by atoms with Crippen LogP contribution in [0.5, 0.6) is 0 Å². The smallest absolute Gasteiger partial charge is 0.246 e. The predicted octanol–water partition coefficient (Wildman–Crippen LogP) is 2.63. The largest absolute Gasteiger partial charge is 0.383 e. The topological polar surface area (TPSA) is 59.5 Å². The number of hydrogen-bond donors (Lipinski definition) is 0. The van der Waals surface area contributed by atoms with Gasteiger partial charge < -0.3 is 4.74 Å². The Morgan fingerprint density at radius 2 is 2.19 bits per heavy atom. The summed E-state index contributed by atoms with van der Waals surface area (Å²) in [5.41, 5.74) is 0. The lowest BCUT2D eigenvalue weighted by Crippen LogP contribution is -2.33. The third kappa shape index (κ3) is 4.02. The Balaban J connectivity index is 2.32. The van der Waals surface area contributed by atoms with E-state index in [9.17, 15) is 8.42 Å². The van der Waals surface area contributed by atoms with Crippen molar-refractivity contribution >= 4 is 33.0 Å². The van der Waals surface area contributed by atoms with Gasteiger partial charge in [-0.05, 0) is 23.6 Å². The molecule has 2 aromatic heterocycles. The Morgan fingerprint density at radius 3 is 2.81 bits per heavy atom. The van der Waals surface area contributed by atoms with Gasteiger partial charge in [0.05, 0.1) is 6.61 Å². The van der Waals surface area contributed by atoms with Crippen molar-refractivity contribution in [2.75, 3.05) is 20.3 Å². The number of aromatic nitrogens is 1. The summed E-state index contributed by atoms with van der Waals surface area (Å²) in [6.07, 6.45) is 1.46. The van der Waals surface area contributed by atoms with E-state index in [2.05, 4.69) is 4.98 Å². The number of ether oxygens (including phenoxy) is 1. The second kappa shape index (κ2) is 7.33. The first-order valence-corrected chi connectivity index (χ1v) is 8.87. The van der Waals surface area contributed by atoms with Crippen molar-refractivity contribution in [2.45, 2.75) is 11.4 Å². The summed E-state index contributed by atoms with van der Waals surface area (Å²) in [6, 6.07) is 6.79. The summed E-state index contributed by atoms with van der Waals surface area (Å²) in [5.74, 6) is 0. The first-order valence-electron chi connectivity index (χ1n) is 6.17. The minimum Gasteiger partial charge on any atom is -0.383 e. The van der Waals surface area contributed by atoms with Crippen molar-refractivity contribution < 1.29 is 13.2 Å². The third-order valence-electron chi connectivity index (χ3n) is 2.80. The molecule has 0 aliphatic rings. The molecule has 0 atom stereocenters. The quantitative estimate of drug-likeness (QED) is 0.723. The maximum Gasteiger partial charge on any atom is 0.246 e. The van der Waals surface area contributed by atoms with E-state index < -0.39 is 10.0 Å². The summed E-state index contributed by atoms with van der Waals surface area (Å²) >= 11 is 7.43. The van der Waals surface area contributed by atoms with Gasteiger partial charge in [0.25, 0.3) is 0 Å². The van der Waals surface area contributed by atoms with Gasteiger partial charge in [-0.2, -0.15) is 4.31 Å². The Morgan fingerprint density at radius 1 is 1.38 bits per heavy atom. The molecule has 8 heteroatoms. The molecule has 21 heavy (non-hydrogen) atoms. The van der Waals surface area contributed by atoms with Crippen LogP contribution in [0.3, 0.4) is 0 Å². The molecule has 0 fully saturated rings. The van der Waals surface area contributed by atoms with Crippen LogP contribution in [0.25, 0.3) is 0 Å². The summed E-state index contributed by atoms with van der Waals surface area (Å²) in [6.45, 7) is 0.846. The standard InChI is InChI=1S/C13H15ClN2O3S2/c1-19-8-7-16(10-11-4-3-9-20-11)21(17,18)12-5-2-6-15-13(12)14/h2-6,9H,7-8,10H2,1H3. The van der Waals surface area contributed by atoms with Crippen LogP contribution in [0, 0.1) is 0 Å². The second-order valence-electron chi connectivity index (χ2n) is 4.20. The molecule has 0 aromatic carbocycles. The van der Waals surface area contributed by atoms with Gasteiger partial charge in [-0.25, -0.2) is 13.4 Å². The minimum absolute atomic E-state index is 0.0133. The summed E-state index contributed by atoms with van der Waals surface area (Å²) in [4.78, 5) is 4.80. The lowest BCUT2D eigenvalue weighted by Gasteiger charge is -2.21. The van der Waals surface area contributed by atoms with Crippen LogP contribution in [0.15, 0.2) is 40.7 Å². The molecule has 0 amide bonds. The highest BCUT2D eigenvalue weighted by Gasteiger charge is 2.27. The Labute approximate surface area is 133 Å². The molecule has 0 spiro atoms. The zero-order valence-electron chi connectivity index (χ0n) is 11.4. The molecule has 2 rings (SSSR count). The fourth-order valence-electron chi connectivity index (χ4n) is 1.76. The van der Waals surface area contributed by atoms with E-state index in [0.717, 1.165) is 4.88 Å². The number of hydrogen-bond acceptors (Lipinski definition) is 5. The van der Waals surface area contributed by atoms with Gasteiger partial charge in [0.15, 0.2) is 0 Å². The van der Waals surface area contributed by atoms with Crippen LogP contribution in [-0.2, 0) is 21.3 Å². The van der Waals surface area contributed by atoms with Crippen molar-refractivity contribution in [1.82, 2.24) is 9.29 Å². The van der Waals surface area contributed by atoms with E-state index in [-0.39, 0.29) is 23.1 Å². The third-order valence-corrected chi connectivity index (χ3v) is 5.95. The highest BCUT2D eigenvalue weighted by molar-refractivity contribution is 7.89. The average Bonchev–Trinajstić information content (AvgIpc) is 2.96. The molecule has 2 aromatic rings. The fourth-order valence-corrected chi connectivity index (χ4v) is 4.39. The lowest BCUT2D eigenvalue weighted by molar-refractivity contribution is 0.177. The van der Waals surface area contributed by atoms with Crippen molar-refractivity contribution in [3.8, 4) is 0 Å². The highest BCUT2D eigenvalue weighted by atomic mass is 35.5. The Bertz CT molecular complexity index is 674. The number of pyridine rings is 1. The predicted molar refractivity (Wildman–Crippen MR) is 83.0 cm³/mol. The van der Waals surface area contributed by atoms with E-state index in [1.54, 1.807) is 6.07 Å². The van der Waals surface area contributed by atoms with Crippen molar-refractivity contribution in [2.24, 2.45) is 0 Å². The highest BCUT2D eigenvalue weighted by Crippen LogP contribution is 2.24. The van der Waals surface area contributed by atoms with E-state index in [0.29, 0.717) is 6.61 Å². The molecular weight excluding hydrogens is 332 g/mol.